The number of hydrogen-bond acceptors (Lipinski definition) is 11. The summed E-state index contributed by atoms with van der Waals surface area (Å²) in [5, 5.41) is 21.9. The molecule has 0 bridgehead atoms. The van der Waals surface area contributed by atoms with E-state index >= 15 is 0 Å². The number of nitrogens with zero attached hydrogens (tertiary/aromatic N) is 1. The first-order valence-electron chi connectivity index (χ1n) is 18.2. The molecule has 0 aromatic heterocycles. The zero-order valence-corrected chi connectivity index (χ0v) is 33.0. The van der Waals surface area contributed by atoms with Gasteiger partial charge in [-0.2, -0.15) is 0 Å². The van der Waals surface area contributed by atoms with Crippen molar-refractivity contribution < 1.29 is 48.1 Å². The maximum Gasteiger partial charge on any atom is 0.407 e. The number of carboxylic acid groups (broad SMARTS) is 1. The maximum absolute atomic E-state index is 13.9. The number of carbonyl (C=O) groups is 7. The molecule has 1 aromatic rings. The predicted octanol–water partition coefficient (Wildman–Crippen LogP) is 0.796. The van der Waals surface area contributed by atoms with Crippen molar-refractivity contribution in [1.82, 2.24) is 26.6 Å². The van der Waals surface area contributed by atoms with Gasteiger partial charge in [0.1, 0.15) is 35.9 Å². The lowest BCUT2D eigenvalue weighted by Crippen LogP contribution is -2.58. The molecule has 0 saturated carbocycles. The zero-order chi connectivity index (χ0) is 41.8. The first-order valence-corrected chi connectivity index (χ1v) is 18.2. The molecule has 1 rings (SSSR count). The lowest BCUT2D eigenvalue weighted by molar-refractivity contribution is -0.156. The van der Waals surface area contributed by atoms with E-state index in [2.05, 4.69) is 31.6 Å². The molecule has 55 heavy (non-hydrogen) atoms. The van der Waals surface area contributed by atoms with Gasteiger partial charge in [0.2, 0.25) is 23.6 Å². The Hall–Kier alpha value is -5.26. The molecule has 0 unspecified atom stereocenters. The summed E-state index contributed by atoms with van der Waals surface area (Å²) >= 11 is 0. The first-order chi connectivity index (χ1) is 25.6. The second kappa shape index (κ2) is 23.5. The van der Waals surface area contributed by atoms with Crippen LogP contribution in [0, 0.1) is 0 Å². The minimum Gasteiger partial charge on any atom is -0.480 e. The van der Waals surface area contributed by atoms with E-state index in [0.717, 1.165) is 0 Å². The summed E-state index contributed by atoms with van der Waals surface area (Å²) in [4.78, 5) is 93.6. The Balaban J connectivity index is 3.31. The van der Waals surface area contributed by atoms with Gasteiger partial charge in [-0.3, -0.25) is 33.8 Å². The average molecular weight is 777 g/mol. The molecule has 0 aliphatic carbocycles. The molecule has 308 valence electrons. The lowest BCUT2D eigenvalue weighted by Gasteiger charge is -2.26. The van der Waals surface area contributed by atoms with Crippen LogP contribution >= 0.6 is 0 Å². The van der Waals surface area contributed by atoms with E-state index in [0.29, 0.717) is 30.7 Å². The minimum absolute atomic E-state index is 0.00693. The van der Waals surface area contributed by atoms with Crippen LogP contribution in [0.4, 0.5) is 4.79 Å². The largest absolute Gasteiger partial charge is 0.480 e. The van der Waals surface area contributed by atoms with Crippen molar-refractivity contribution in [3.8, 4) is 0 Å². The van der Waals surface area contributed by atoms with E-state index < -0.39 is 90.0 Å². The standard InChI is InChI=1S/C37H60N8O10/c1-23(38)40-19-13-17-26(32(50)42-22-29(46)47)43-33(51)27(16-11-12-18-41-35(53)55-37(5,6)7)44-34(52)28(20-24-14-9-8-10-15-24)45-31(49)25(39)21-30(48)54-36(2,3)4/h8-10,14-15,25-28H,11-13,16-22,39H2,1-7H3,(H2,38,40)(H,41,53)(H,42,50)(H,43,51)(H,44,52)(H,45,49)(H,46,47)/t25-,26-,27-,28+/m0/s1. The number of unbranched alkanes of at least 4 members (excludes halogenated alkanes) is 1. The molecule has 0 heterocycles. The summed E-state index contributed by atoms with van der Waals surface area (Å²) in [6, 6.07) is 3.70. The van der Waals surface area contributed by atoms with Crippen molar-refractivity contribution in [2.24, 2.45) is 16.5 Å². The van der Waals surface area contributed by atoms with Gasteiger partial charge in [-0.25, -0.2) is 4.79 Å². The van der Waals surface area contributed by atoms with Crippen molar-refractivity contribution in [3.63, 3.8) is 0 Å². The summed E-state index contributed by atoms with van der Waals surface area (Å²) in [7, 11) is 0. The first kappa shape index (κ1) is 47.8. The summed E-state index contributed by atoms with van der Waals surface area (Å²) in [5.74, 6) is -4.75. The molecule has 0 spiro atoms. The maximum atomic E-state index is 13.9. The van der Waals surface area contributed by atoms with Gasteiger partial charge in [0, 0.05) is 19.5 Å². The lowest BCUT2D eigenvalue weighted by atomic mass is 10.0. The highest BCUT2D eigenvalue weighted by Crippen LogP contribution is 2.11. The molecular formula is C37H60N8O10. The molecule has 4 atom stereocenters. The summed E-state index contributed by atoms with van der Waals surface area (Å²) in [6.07, 6.45) is 0.0202. The van der Waals surface area contributed by atoms with Crippen molar-refractivity contribution in [3.05, 3.63) is 35.9 Å². The molecule has 0 fully saturated rings. The highest BCUT2D eigenvalue weighted by molar-refractivity contribution is 5.95. The topological polar surface area (TPSA) is 283 Å². The van der Waals surface area contributed by atoms with Crippen molar-refractivity contribution >= 4 is 47.5 Å². The Morgan fingerprint density at radius 2 is 1.29 bits per heavy atom. The summed E-state index contributed by atoms with van der Waals surface area (Å²) < 4.78 is 10.5. The predicted molar refractivity (Wildman–Crippen MR) is 205 cm³/mol. The van der Waals surface area contributed by atoms with E-state index in [1.165, 1.54) is 0 Å². The van der Waals surface area contributed by atoms with Crippen molar-refractivity contribution in [2.45, 2.75) is 129 Å². The van der Waals surface area contributed by atoms with Gasteiger partial charge >= 0.3 is 18.0 Å². The highest BCUT2D eigenvalue weighted by atomic mass is 16.6. The second-order valence-corrected chi connectivity index (χ2v) is 15.0. The van der Waals surface area contributed by atoms with Gasteiger partial charge < -0.3 is 52.6 Å². The second-order valence-electron chi connectivity index (χ2n) is 15.0. The van der Waals surface area contributed by atoms with Gasteiger partial charge in [-0.05, 0) is 86.1 Å². The van der Waals surface area contributed by atoms with Gasteiger partial charge in [0.05, 0.1) is 18.3 Å². The van der Waals surface area contributed by atoms with E-state index in [4.69, 9.17) is 26.0 Å². The number of alkyl carbamates (subject to hydrolysis) is 1. The third-order valence-corrected chi connectivity index (χ3v) is 7.34. The molecule has 18 nitrogen and oxygen atoms in total. The van der Waals surface area contributed by atoms with Gasteiger partial charge in [-0.1, -0.05) is 30.3 Å². The number of benzene rings is 1. The number of carboxylic acids is 1. The van der Waals surface area contributed by atoms with Gasteiger partial charge in [-0.15, -0.1) is 0 Å². The molecule has 0 saturated heterocycles. The smallest absolute Gasteiger partial charge is 0.407 e. The fourth-order valence-corrected chi connectivity index (χ4v) is 4.89. The summed E-state index contributed by atoms with van der Waals surface area (Å²) in [6.45, 7) is 11.5. The number of esters is 1. The van der Waals surface area contributed by atoms with Crippen molar-refractivity contribution in [1.29, 1.82) is 0 Å². The quantitative estimate of drug-likeness (QED) is 0.0351. The summed E-state index contributed by atoms with van der Waals surface area (Å²) in [5.41, 5.74) is 10.8. The van der Waals surface area contributed by atoms with Crippen LogP contribution < -0.4 is 38.1 Å². The van der Waals surface area contributed by atoms with Crippen LogP contribution in [-0.4, -0.2) is 108 Å². The van der Waals surface area contributed by atoms with Gasteiger partial charge in [0.25, 0.3) is 0 Å². The number of ether oxygens (including phenoxy) is 2. The minimum atomic E-state index is -1.35. The molecule has 18 heteroatoms. The van der Waals surface area contributed by atoms with Crippen LogP contribution in [-0.2, 0) is 44.7 Å². The highest BCUT2D eigenvalue weighted by Gasteiger charge is 2.31. The number of hydrogen-bond donors (Lipinski definition) is 8. The van der Waals surface area contributed by atoms with Crippen LogP contribution in [0.25, 0.3) is 0 Å². The number of carbonyl (C=O) groups excluding carboxylic acids is 6. The SMILES string of the molecule is CC(N)=NCCC[C@H](NC(=O)[C@H](CCCCNC(=O)OC(C)(C)C)NC(=O)[C@@H](Cc1ccccc1)NC(=O)[C@@H](N)CC(=O)OC(C)(C)C)C(=O)NCC(=O)O. The molecular weight excluding hydrogens is 716 g/mol. The molecule has 0 aliphatic rings. The van der Waals surface area contributed by atoms with Crippen molar-refractivity contribution in [2.75, 3.05) is 19.6 Å². The third kappa shape index (κ3) is 22.5. The van der Waals surface area contributed by atoms with Crippen LogP contribution in [0.15, 0.2) is 35.3 Å². The number of rotatable bonds is 22. The van der Waals surface area contributed by atoms with Gasteiger partial charge in [0.15, 0.2) is 0 Å². The Labute approximate surface area is 322 Å². The van der Waals surface area contributed by atoms with E-state index in [9.17, 15) is 33.6 Å². The molecule has 0 aliphatic heterocycles. The Morgan fingerprint density at radius 3 is 1.85 bits per heavy atom. The van der Waals surface area contributed by atoms with Crippen LogP contribution in [0.2, 0.25) is 0 Å². The number of aliphatic imine (C=N–C) groups is 1. The van der Waals surface area contributed by atoms with Crippen LogP contribution in [0.1, 0.15) is 92.6 Å². The van der Waals surface area contributed by atoms with E-state index in [1.807, 2.05) is 0 Å². The zero-order valence-electron chi connectivity index (χ0n) is 33.0. The fourth-order valence-electron chi connectivity index (χ4n) is 4.89. The van der Waals surface area contributed by atoms with Crippen LogP contribution in [0.3, 0.4) is 0 Å². The molecule has 5 amide bonds. The number of nitrogens with two attached hydrogens (primary N) is 2. The Morgan fingerprint density at radius 1 is 0.745 bits per heavy atom. The third-order valence-electron chi connectivity index (χ3n) is 7.34. The Kier molecular flexibility index (Phi) is 20.4. The Bertz CT molecular complexity index is 1470. The normalized spacial score (nSPS) is 13.9. The average Bonchev–Trinajstić information content (AvgIpc) is 3.05. The number of amides is 5. The van der Waals surface area contributed by atoms with E-state index in [1.54, 1.807) is 78.8 Å². The molecule has 10 N–H and O–H groups in total. The van der Waals surface area contributed by atoms with E-state index in [-0.39, 0.29) is 32.4 Å². The number of nitrogens with one attached hydrogen (secondary N) is 5. The van der Waals surface area contributed by atoms with Crippen LogP contribution in [0.5, 0.6) is 0 Å². The monoisotopic (exact) mass is 776 g/mol. The number of amidine groups is 1. The molecule has 0 radical (unpaired) electrons. The molecule has 1 aromatic carbocycles. The fraction of sp³-hybridized carbons (Fsp3) is 0.622. The number of aliphatic carboxylic acids is 1.